The fourth-order valence-electron chi connectivity index (χ4n) is 6.18. The van der Waals surface area contributed by atoms with E-state index in [1.807, 2.05) is 59.2 Å². The molecule has 0 spiro atoms. The van der Waals surface area contributed by atoms with Gasteiger partial charge in [-0.25, -0.2) is 13.8 Å². The Morgan fingerprint density at radius 3 is 2.40 bits per heavy atom. The van der Waals surface area contributed by atoms with Crippen LogP contribution >= 0.6 is 11.6 Å². The number of rotatable bonds is 8. The first-order valence-corrected chi connectivity index (χ1v) is 16.1. The number of benzene rings is 1. The normalized spacial score (nSPS) is 19.6. The largest absolute Gasteiger partial charge is 0.460 e. The third kappa shape index (κ3) is 8.04. The Kier molecular flexibility index (Phi) is 10.1. The highest BCUT2D eigenvalue weighted by atomic mass is 35.5. The lowest BCUT2D eigenvalue weighted by Crippen LogP contribution is -2.51. The van der Waals surface area contributed by atoms with Crippen LogP contribution in [0.4, 0.5) is 20.4 Å². The molecule has 3 heterocycles. The van der Waals surface area contributed by atoms with Crippen LogP contribution in [0.5, 0.6) is 0 Å². The van der Waals surface area contributed by atoms with E-state index in [0.29, 0.717) is 48.7 Å². The van der Waals surface area contributed by atoms with E-state index in [4.69, 9.17) is 26.4 Å². The molecule has 0 amide bonds. The highest BCUT2D eigenvalue weighted by Gasteiger charge is 2.47. The van der Waals surface area contributed by atoms with Gasteiger partial charge in [-0.05, 0) is 98.4 Å². The number of carbonyl (C=O) groups is 1. The molecule has 1 unspecified atom stereocenters. The number of nitrogens with one attached hydrogen (secondary N) is 1. The number of halogens is 3. The predicted molar refractivity (Wildman–Crippen MR) is 176 cm³/mol. The summed E-state index contributed by atoms with van der Waals surface area (Å²) >= 11 is 6.04. The maximum absolute atomic E-state index is 16.2. The summed E-state index contributed by atoms with van der Waals surface area (Å²) in [6, 6.07) is 8.52. The molecule has 10 heteroatoms. The predicted octanol–water partition coefficient (Wildman–Crippen LogP) is 8.70. The summed E-state index contributed by atoms with van der Waals surface area (Å²) in [5.41, 5.74) is 0.240. The SMILES string of the molecule is Cc1cc(Nc2cc(C(C)C)c(F)c(CC3(C(=O)OC(C)(C)C)CCN(Cc4cccc(Cl)c4F)[C@H](C)C3)n2)nn1C(C)(C)C. The van der Waals surface area contributed by atoms with Gasteiger partial charge >= 0.3 is 5.97 Å². The van der Waals surface area contributed by atoms with Gasteiger partial charge in [0.15, 0.2) is 5.82 Å². The van der Waals surface area contributed by atoms with Crippen LogP contribution in [0.3, 0.4) is 0 Å². The number of nitrogens with zero attached hydrogens (tertiary/aromatic N) is 4. The first-order chi connectivity index (χ1) is 20.8. The second kappa shape index (κ2) is 13.0. The van der Waals surface area contributed by atoms with Crippen LogP contribution < -0.4 is 5.32 Å². The number of aromatic nitrogens is 3. The molecule has 0 radical (unpaired) electrons. The number of esters is 1. The molecule has 0 bridgehead atoms. The van der Waals surface area contributed by atoms with Gasteiger partial charge in [0.25, 0.3) is 0 Å². The van der Waals surface area contributed by atoms with Gasteiger partial charge in [-0.2, -0.15) is 5.10 Å². The van der Waals surface area contributed by atoms with Gasteiger partial charge in [-0.1, -0.05) is 37.6 Å². The lowest BCUT2D eigenvalue weighted by molar-refractivity contribution is -0.172. The van der Waals surface area contributed by atoms with Crippen molar-refractivity contribution in [3.05, 3.63) is 69.5 Å². The van der Waals surface area contributed by atoms with Crippen molar-refractivity contribution in [3.63, 3.8) is 0 Å². The standard InChI is InChI=1S/C35H48ClF2N5O2/c1-21(2)25-17-28(40-29-16-22(3)43(41-29)33(5,6)7)39-27(31(25)38)19-35(32(44)45-34(8,9)10)14-15-42(23(4)18-35)20-24-12-11-13-26(36)30(24)37/h11-13,16-17,21,23H,14-15,18-20H2,1-10H3,(H,39,40,41)/t23-,35?/m1/s1. The zero-order chi connectivity index (χ0) is 33.5. The summed E-state index contributed by atoms with van der Waals surface area (Å²) in [7, 11) is 0. The Balaban J connectivity index is 1.70. The van der Waals surface area contributed by atoms with E-state index in [-0.39, 0.29) is 40.6 Å². The van der Waals surface area contributed by atoms with Crippen molar-refractivity contribution in [2.24, 2.45) is 5.41 Å². The molecular weight excluding hydrogens is 596 g/mol. The first kappa shape index (κ1) is 34.8. The maximum atomic E-state index is 16.2. The molecule has 7 nitrogen and oxygen atoms in total. The van der Waals surface area contributed by atoms with Crippen LogP contribution in [0.2, 0.25) is 5.02 Å². The average Bonchev–Trinajstić information content (AvgIpc) is 3.29. The molecule has 1 N–H and O–H groups in total. The average molecular weight is 644 g/mol. The van der Waals surface area contributed by atoms with Crippen molar-refractivity contribution < 1.29 is 18.3 Å². The summed E-state index contributed by atoms with van der Waals surface area (Å²) in [6.45, 7) is 20.4. The molecular formula is C35H48ClF2N5O2. The van der Waals surface area contributed by atoms with Gasteiger partial charge in [0, 0.05) is 36.3 Å². The number of pyridine rings is 1. The first-order valence-electron chi connectivity index (χ1n) is 15.7. The third-order valence-electron chi connectivity index (χ3n) is 8.39. The number of hydrogen-bond acceptors (Lipinski definition) is 6. The van der Waals surface area contributed by atoms with E-state index in [9.17, 15) is 9.18 Å². The molecule has 1 aliphatic heterocycles. The van der Waals surface area contributed by atoms with Gasteiger partial charge < -0.3 is 10.1 Å². The maximum Gasteiger partial charge on any atom is 0.313 e. The van der Waals surface area contributed by atoms with Crippen LogP contribution in [-0.4, -0.2) is 43.8 Å². The van der Waals surface area contributed by atoms with E-state index in [2.05, 4.69) is 31.0 Å². The Bertz CT molecular complexity index is 1540. The zero-order valence-electron chi connectivity index (χ0n) is 28.3. The zero-order valence-corrected chi connectivity index (χ0v) is 29.1. The minimum atomic E-state index is -1.03. The van der Waals surface area contributed by atoms with E-state index < -0.39 is 22.7 Å². The molecule has 0 aliphatic carbocycles. The van der Waals surface area contributed by atoms with Crippen molar-refractivity contribution >= 4 is 29.2 Å². The molecule has 3 aromatic rings. The second-order valence-electron chi connectivity index (χ2n) is 14.8. The summed E-state index contributed by atoms with van der Waals surface area (Å²) in [5.74, 6) is -0.262. The molecule has 1 fully saturated rings. The molecule has 45 heavy (non-hydrogen) atoms. The van der Waals surface area contributed by atoms with Crippen LogP contribution in [0.25, 0.3) is 0 Å². The van der Waals surface area contributed by atoms with Gasteiger partial charge in [0.1, 0.15) is 23.1 Å². The number of carbonyl (C=O) groups excluding carboxylic acids is 1. The topological polar surface area (TPSA) is 72.3 Å². The van der Waals surface area contributed by atoms with E-state index in [1.165, 1.54) is 6.07 Å². The number of ether oxygens (including phenoxy) is 1. The van der Waals surface area contributed by atoms with Crippen molar-refractivity contribution in [1.29, 1.82) is 0 Å². The highest BCUT2D eigenvalue weighted by Crippen LogP contribution is 2.42. The van der Waals surface area contributed by atoms with Crippen molar-refractivity contribution in [2.75, 3.05) is 11.9 Å². The summed E-state index contributed by atoms with van der Waals surface area (Å²) in [4.78, 5) is 20.9. The van der Waals surface area contributed by atoms with Crippen molar-refractivity contribution in [3.8, 4) is 0 Å². The van der Waals surface area contributed by atoms with Gasteiger partial charge in [0.2, 0.25) is 0 Å². The minimum absolute atomic E-state index is 0.0716. The van der Waals surface area contributed by atoms with E-state index in [1.54, 1.807) is 18.2 Å². The lowest BCUT2D eigenvalue weighted by atomic mass is 9.71. The van der Waals surface area contributed by atoms with Crippen molar-refractivity contribution in [2.45, 2.75) is 118 Å². The molecule has 1 saturated heterocycles. The minimum Gasteiger partial charge on any atom is -0.460 e. The highest BCUT2D eigenvalue weighted by molar-refractivity contribution is 6.30. The third-order valence-corrected chi connectivity index (χ3v) is 8.68. The fraction of sp³-hybridized carbons (Fsp3) is 0.571. The number of aryl methyl sites for hydroxylation is 1. The Morgan fingerprint density at radius 2 is 1.82 bits per heavy atom. The molecule has 246 valence electrons. The number of likely N-dealkylation sites (tertiary alicyclic amines) is 1. The van der Waals surface area contributed by atoms with Gasteiger partial charge in [0.05, 0.1) is 21.7 Å². The molecule has 2 aromatic heterocycles. The Morgan fingerprint density at radius 1 is 1.13 bits per heavy atom. The van der Waals surface area contributed by atoms with Gasteiger partial charge in [-0.3, -0.25) is 14.4 Å². The van der Waals surface area contributed by atoms with Crippen LogP contribution in [0, 0.1) is 24.0 Å². The van der Waals surface area contributed by atoms with E-state index in [0.717, 1.165) is 5.69 Å². The number of piperidine rings is 1. The molecule has 0 saturated carbocycles. The quantitative estimate of drug-likeness (QED) is 0.248. The fourth-order valence-corrected chi connectivity index (χ4v) is 6.37. The van der Waals surface area contributed by atoms with Crippen molar-refractivity contribution in [1.82, 2.24) is 19.7 Å². The molecule has 4 rings (SSSR count). The Labute approximate surface area is 271 Å². The molecule has 1 aliphatic rings. The smallest absolute Gasteiger partial charge is 0.313 e. The van der Waals surface area contributed by atoms with Crippen LogP contribution in [-0.2, 0) is 28.0 Å². The van der Waals surface area contributed by atoms with Crippen LogP contribution in [0.15, 0.2) is 30.3 Å². The summed E-state index contributed by atoms with van der Waals surface area (Å²) in [6.07, 6.45) is 0.872. The summed E-state index contributed by atoms with van der Waals surface area (Å²) in [5, 5.41) is 8.09. The van der Waals surface area contributed by atoms with Crippen LogP contribution in [0.1, 0.15) is 104 Å². The monoisotopic (exact) mass is 643 g/mol. The number of hydrogen-bond donors (Lipinski definition) is 1. The van der Waals surface area contributed by atoms with Gasteiger partial charge in [-0.15, -0.1) is 0 Å². The molecule has 2 atom stereocenters. The Hall–Kier alpha value is -3.04. The lowest BCUT2D eigenvalue weighted by Gasteiger charge is -2.45. The number of anilines is 2. The molecule has 1 aromatic carbocycles. The second-order valence-corrected chi connectivity index (χ2v) is 15.2. The van der Waals surface area contributed by atoms with E-state index >= 15 is 4.39 Å². The summed E-state index contributed by atoms with van der Waals surface area (Å²) < 4.78 is 38.9.